The van der Waals surface area contributed by atoms with E-state index >= 15 is 0 Å². The van der Waals surface area contributed by atoms with E-state index in [1.54, 1.807) is 6.07 Å². The van der Waals surface area contributed by atoms with Crippen molar-refractivity contribution in [1.29, 1.82) is 0 Å². The first kappa shape index (κ1) is 11.7. The average molecular weight is 233 g/mol. The number of alkyl halides is 3. The van der Waals surface area contributed by atoms with Gasteiger partial charge in [-0.05, 0) is 35.0 Å². The van der Waals surface area contributed by atoms with Crippen molar-refractivity contribution in [3.63, 3.8) is 0 Å². The molecule has 1 aromatic carbocycles. The van der Waals surface area contributed by atoms with Crippen molar-refractivity contribution in [3.8, 4) is 0 Å². The van der Waals surface area contributed by atoms with Crippen molar-refractivity contribution in [2.45, 2.75) is 16.9 Å². The molecular formula is C8H6F3N3S. The molecule has 1 aromatic rings. The highest BCUT2D eigenvalue weighted by Crippen LogP contribution is 2.36. The summed E-state index contributed by atoms with van der Waals surface area (Å²) in [5.74, 6) is 0. The number of thioether (sulfide) groups is 1. The Morgan fingerprint density at radius 2 is 2.13 bits per heavy atom. The number of rotatable bonds is 3. The predicted octanol–water partition coefficient (Wildman–Crippen LogP) is 4.11. The zero-order valence-electron chi connectivity index (χ0n) is 7.40. The third-order valence-corrected chi connectivity index (χ3v) is 2.17. The number of azide groups is 1. The van der Waals surface area contributed by atoms with Crippen LogP contribution in [-0.4, -0.2) is 5.51 Å². The van der Waals surface area contributed by atoms with Crippen LogP contribution in [0.5, 0.6) is 0 Å². The van der Waals surface area contributed by atoms with Gasteiger partial charge in [0, 0.05) is 9.81 Å². The fourth-order valence-corrected chi connectivity index (χ4v) is 1.58. The molecule has 0 unspecified atom stereocenters. The van der Waals surface area contributed by atoms with Gasteiger partial charge in [-0.3, -0.25) is 0 Å². The van der Waals surface area contributed by atoms with Crippen molar-refractivity contribution in [1.82, 2.24) is 0 Å². The van der Waals surface area contributed by atoms with Gasteiger partial charge in [0.15, 0.2) is 0 Å². The highest BCUT2D eigenvalue weighted by atomic mass is 32.2. The monoisotopic (exact) mass is 233 g/mol. The summed E-state index contributed by atoms with van der Waals surface area (Å²) >= 11 is -0.186. The largest absolute Gasteiger partial charge is 0.446 e. The van der Waals surface area contributed by atoms with Crippen LogP contribution in [0.3, 0.4) is 0 Å². The summed E-state index contributed by atoms with van der Waals surface area (Å²) in [7, 11) is 0. The lowest BCUT2D eigenvalue weighted by molar-refractivity contribution is -0.0328. The van der Waals surface area contributed by atoms with Gasteiger partial charge in [-0.15, -0.1) is 0 Å². The van der Waals surface area contributed by atoms with Crippen molar-refractivity contribution >= 4 is 11.8 Å². The molecule has 0 saturated carbocycles. The minimum absolute atomic E-state index is 0.0583. The van der Waals surface area contributed by atoms with Gasteiger partial charge >= 0.3 is 5.51 Å². The van der Waals surface area contributed by atoms with E-state index in [2.05, 4.69) is 10.0 Å². The van der Waals surface area contributed by atoms with Crippen LogP contribution < -0.4 is 0 Å². The summed E-state index contributed by atoms with van der Waals surface area (Å²) in [6.45, 7) is 0.0583. The van der Waals surface area contributed by atoms with E-state index in [1.807, 2.05) is 0 Å². The summed E-state index contributed by atoms with van der Waals surface area (Å²) in [5, 5.41) is 3.27. The Labute approximate surface area is 87.9 Å². The number of nitrogens with zero attached hydrogens (tertiary/aromatic N) is 3. The van der Waals surface area contributed by atoms with Crippen LogP contribution in [0.4, 0.5) is 13.2 Å². The summed E-state index contributed by atoms with van der Waals surface area (Å²) < 4.78 is 36.0. The Morgan fingerprint density at radius 3 is 2.73 bits per heavy atom. The van der Waals surface area contributed by atoms with Crippen LogP contribution in [0.15, 0.2) is 34.3 Å². The van der Waals surface area contributed by atoms with Crippen LogP contribution in [0.2, 0.25) is 0 Å². The maximum Gasteiger partial charge on any atom is 0.446 e. The van der Waals surface area contributed by atoms with Gasteiger partial charge in [-0.25, -0.2) is 0 Å². The fraction of sp³-hybridized carbons (Fsp3) is 0.250. The Hall–Kier alpha value is -1.33. The zero-order valence-corrected chi connectivity index (χ0v) is 8.22. The number of hydrogen-bond acceptors (Lipinski definition) is 2. The number of hydrogen-bond donors (Lipinski definition) is 0. The molecule has 0 heterocycles. The Bertz CT molecular complexity index is 385. The molecule has 7 heteroatoms. The zero-order chi connectivity index (χ0) is 11.3. The molecule has 0 aromatic heterocycles. The first-order chi connectivity index (χ1) is 7.01. The molecule has 0 atom stereocenters. The van der Waals surface area contributed by atoms with Crippen LogP contribution in [-0.2, 0) is 6.54 Å². The fourth-order valence-electron chi connectivity index (χ4n) is 0.954. The van der Waals surface area contributed by atoms with E-state index in [-0.39, 0.29) is 23.2 Å². The van der Waals surface area contributed by atoms with E-state index in [9.17, 15) is 13.2 Å². The van der Waals surface area contributed by atoms with E-state index in [0.29, 0.717) is 5.56 Å². The number of halogens is 3. The molecule has 1 rings (SSSR count). The minimum Gasteiger partial charge on any atom is -0.160 e. The van der Waals surface area contributed by atoms with Gasteiger partial charge in [-0.1, -0.05) is 17.2 Å². The van der Waals surface area contributed by atoms with E-state index < -0.39 is 5.51 Å². The summed E-state index contributed by atoms with van der Waals surface area (Å²) in [6, 6.07) is 5.82. The topological polar surface area (TPSA) is 48.8 Å². The maximum absolute atomic E-state index is 12.0. The molecule has 0 aliphatic carbocycles. The average Bonchev–Trinajstić information content (AvgIpc) is 2.12. The smallest absolute Gasteiger partial charge is 0.160 e. The molecule has 0 aliphatic rings. The third kappa shape index (κ3) is 4.62. The lowest BCUT2D eigenvalue weighted by Crippen LogP contribution is -1.99. The summed E-state index contributed by atoms with van der Waals surface area (Å²) in [6.07, 6.45) is 0. The standard InChI is InChI=1S/C8H6F3N3S/c9-8(10,11)15-7-3-1-2-6(4-7)5-13-14-12/h1-4H,5H2. The molecule has 0 aliphatic heterocycles. The van der Waals surface area contributed by atoms with E-state index in [4.69, 9.17) is 5.53 Å². The lowest BCUT2D eigenvalue weighted by Gasteiger charge is -2.06. The molecule has 3 nitrogen and oxygen atoms in total. The summed E-state index contributed by atoms with van der Waals surface area (Å²) in [5.41, 5.74) is 4.32. The van der Waals surface area contributed by atoms with Gasteiger partial charge in [-0.2, -0.15) is 13.2 Å². The van der Waals surface area contributed by atoms with Gasteiger partial charge < -0.3 is 0 Å². The Kier molecular flexibility index (Phi) is 3.88. The van der Waals surface area contributed by atoms with Gasteiger partial charge in [0.2, 0.25) is 0 Å². The SMILES string of the molecule is [N-]=[N+]=NCc1cccc(SC(F)(F)F)c1. The second kappa shape index (κ2) is 4.95. The number of benzene rings is 1. The lowest BCUT2D eigenvalue weighted by atomic mass is 10.2. The highest BCUT2D eigenvalue weighted by molar-refractivity contribution is 8.00. The van der Waals surface area contributed by atoms with E-state index in [0.717, 1.165) is 0 Å². The molecule has 0 saturated heterocycles. The molecule has 15 heavy (non-hydrogen) atoms. The second-order valence-corrected chi connectivity index (χ2v) is 3.72. The van der Waals surface area contributed by atoms with Crippen LogP contribution in [0, 0.1) is 0 Å². The van der Waals surface area contributed by atoms with Crippen molar-refractivity contribution in [3.05, 3.63) is 40.3 Å². The molecule has 80 valence electrons. The van der Waals surface area contributed by atoms with Gasteiger partial charge in [0.1, 0.15) is 0 Å². The first-order valence-corrected chi connectivity index (χ1v) is 4.68. The molecule has 0 spiro atoms. The second-order valence-electron chi connectivity index (χ2n) is 2.58. The molecule has 0 fully saturated rings. The first-order valence-electron chi connectivity index (χ1n) is 3.87. The van der Waals surface area contributed by atoms with Crippen molar-refractivity contribution in [2.24, 2.45) is 5.11 Å². The molecule has 0 amide bonds. The van der Waals surface area contributed by atoms with Gasteiger partial charge in [0.05, 0.1) is 6.54 Å². The quantitative estimate of drug-likeness (QED) is 0.335. The molecular weight excluding hydrogens is 227 g/mol. The summed E-state index contributed by atoms with van der Waals surface area (Å²) in [4.78, 5) is 2.62. The molecule has 0 N–H and O–H groups in total. The Morgan fingerprint density at radius 1 is 1.40 bits per heavy atom. The maximum atomic E-state index is 12.0. The third-order valence-electron chi connectivity index (χ3n) is 1.45. The van der Waals surface area contributed by atoms with Crippen LogP contribution in [0.25, 0.3) is 10.4 Å². The Balaban J connectivity index is 2.78. The van der Waals surface area contributed by atoms with Crippen LogP contribution in [0.1, 0.15) is 5.56 Å². The highest BCUT2D eigenvalue weighted by Gasteiger charge is 2.29. The van der Waals surface area contributed by atoms with Crippen molar-refractivity contribution in [2.75, 3.05) is 0 Å². The van der Waals surface area contributed by atoms with E-state index in [1.165, 1.54) is 18.2 Å². The minimum atomic E-state index is -4.29. The van der Waals surface area contributed by atoms with Crippen LogP contribution >= 0.6 is 11.8 Å². The predicted molar refractivity (Wildman–Crippen MR) is 51.2 cm³/mol. The van der Waals surface area contributed by atoms with Crippen molar-refractivity contribution < 1.29 is 13.2 Å². The normalized spacial score (nSPS) is 10.9. The van der Waals surface area contributed by atoms with Gasteiger partial charge in [0.25, 0.3) is 0 Å². The molecule has 0 radical (unpaired) electrons. The molecule has 0 bridgehead atoms.